The van der Waals surface area contributed by atoms with Gasteiger partial charge in [0, 0.05) is 13.1 Å². The summed E-state index contributed by atoms with van der Waals surface area (Å²) in [6.45, 7) is 13.3. The highest BCUT2D eigenvalue weighted by molar-refractivity contribution is 4.83. The minimum atomic E-state index is 0.455. The molecule has 2 heteroatoms. The molecule has 0 spiro atoms. The normalized spacial score (nSPS) is 28.9. The lowest BCUT2D eigenvalue weighted by Gasteiger charge is -2.38. The van der Waals surface area contributed by atoms with Crippen LogP contribution in [-0.4, -0.2) is 25.8 Å². The van der Waals surface area contributed by atoms with Crippen molar-refractivity contribution >= 4 is 0 Å². The van der Waals surface area contributed by atoms with Crippen molar-refractivity contribution in [3.05, 3.63) is 12.7 Å². The maximum Gasteiger partial charge on any atom is 0.0594 e. The van der Waals surface area contributed by atoms with E-state index in [0.29, 0.717) is 11.5 Å². The van der Waals surface area contributed by atoms with E-state index >= 15 is 0 Å². The molecule has 2 unspecified atom stereocenters. The minimum absolute atomic E-state index is 0.455. The topological polar surface area (TPSA) is 21.3 Å². The summed E-state index contributed by atoms with van der Waals surface area (Å²) in [6, 6.07) is 0. The third kappa shape index (κ3) is 5.13. The fraction of sp³-hybridized carbons (Fsp3) is 0.857. The van der Waals surface area contributed by atoms with Gasteiger partial charge in [0.25, 0.3) is 0 Å². The molecule has 0 bridgehead atoms. The maximum atomic E-state index is 5.94. The summed E-state index contributed by atoms with van der Waals surface area (Å²) in [4.78, 5) is 0. The Morgan fingerprint density at radius 3 is 2.81 bits per heavy atom. The van der Waals surface area contributed by atoms with Gasteiger partial charge in [-0.15, -0.1) is 6.58 Å². The first-order chi connectivity index (χ1) is 7.53. The maximum absolute atomic E-state index is 5.94. The van der Waals surface area contributed by atoms with Crippen molar-refractivity contribution in [3.8, 4) is 0 Å². The molecule has 0 aromatic heterocycles. The van der Waals surface area contributed by atoms with Crippen molar-refractivity contribution in [3.63, 3.8) is 0 Å². The lowest BCUT2D eigenvalue weighted by Crippen LogP contribution is -2.34. The number of rotatable bonds is 6. The molecule has 2 atom stereocenters. The molecule has 0 heterocycles. The van der Waals surface area contributed by atoms with Gasteiger partial charge in [0.15, 0.2) is 0 Å². The Bertz CT molecular complexity index is 213. The van der Waals surface area contributed by atoms with E-state index < -0.39 is 0 Å². The average molecular weight is 225 g/mol. The third-order valence-corrected chi connectivity index (χ3v) is 3.27. The first-order valence-electron chi connectivity index (χ1n) is 6.47. The Balaban J connectivity index is 2.18. The molecule has 1 N–H and O–H groups in total. The van der Waals surface area contributed by atoms with Crippen LogP contribution in [0.4, 0.5) is 0 Å². The van der Waals surface area contributed by atoms with Crippen LogP contribution in [0.25, 0.3) is 0 Å². The van der Waals surface area contributed by atoms with Crippen LogP contribution < -0.4 is 5.32 Å². The highest BCUT2D eigenvalue weighted by Gasteiger charge is 2.32. The Morgan fingerprint density at radius 1 is 1.44 bits per heavy atom. The quantitative estimate of drug-likeness (QED) is 0.554. The van der Waals surface area contributed by atoms with Gasteiger partial charge in [-0.3, -0.25) is 0 Å². The molecule has 1 saturated carbocycles. The summed E-state index contributed by atoms with van der Waals surface area (Å²) < 4.78 is 5.94. The highest BCUT2D eigenvalue weighted by atomic mass is 16.5. The first kappa shape index (κ1) is 13.7. The first-order valence-corrected chi connectivity index (χ1v) is 6.47. The van der Waals surface area contributed by atoms with Crippen molar-refractivity contribution in [1.82, 2.24) is 5.32 Å². The fourth-order valence-electron chi connectivity index (χ4n) is 2.89. The third-order valence-electron chi connectivity index (χ3n) is 3.27. The zero-order valence-electron chi connectivity index (χ0n) is 11.1. The van der Waals surface area contributed by atoms with Gasteiger partial charge in [0.1, 0.15) is 0 Å². The van der Waals surface area contributed by atoms with Crippen molar-refractivity contribution in [2.75, 3.05) is 19.7 Å². The van der Waals surface area contributed by atoms with Gasteiger partial charge in [-0.2, -0.15) is 0 Å². The van der Waals surface area contributed by atoms with E-state index in [1.165, 1.54) is 19.3 Å². The predicted octanol–water partition coefficient (Wildman–Crippen LogP) is 2.99. The highest BCUT2D eigenvalue weighted by Crippen LogP contribution is 2.39. The average Bonchev–Trinajstić information content (AvgIpc) is 2.14. The lowest BCUT2D eigenvalue weighted by molar-refractivity contribution is -0.0211. The van der Waals surface area contributed by atoms with Crippen molar-refractivity contribution < 1.29 is 4.74 Å². The summed E-state index contributed by atoms with van der Waals surface area (Å²) in [5.41, 5.74) is 0.455. The zero-order valence-corrected chi connectivity index (χ0v) is 11.1. The summed E-state index contributed by atoms with van der Waals surface area (Å²) in [6.07, 6.45) is 6.11. The standard InChI is InChI=1S/C14H27NO/c1-5-6-15-7-8-16-13-9-12(2)10-14(3,4)11-13/h5,12-13,15H,1,6-11H2,2-4H3. The molecule has 1 aliphatic rings. The molecular formula is C14H27NO. The molecule has 0 aromatic carbocycles. The second-order valence-electron chi connectivity index (χ2n) is 5.90. The van der Waals surface area contributed by atoms with Gasteiger partial charge in [0.2, 0.25) is 0 Å². The summed E-state index contributed by atoms with van der Waals surface area (Å²) in [7, 11) is 0. The second kappa shape index (κ2) is 6.41. The molecular weight excluding hydrogens is 198 g/mol. The molecule has 1 aliphatic carbocycles. The van der Waals surface area contributed by atoms with E-state index in [-0.39, 0.29) is 0 Å². The molecule has 16 heavy (non-hydrogen) atoms. The van der Waals surface area contributed by atoms with E-state index in [2.05, 4.69) is 32.7 Å². The Labute approximate surface area is 100 Å². The van der Waals surface area contributed by atoms with Crippen molar-refractivity contribution in [2.45, 2.75) is 46.1 Å². The summed E-state index contributed by atoms with van der Waals surface area (Å²) >= 11 is 0. The molecule has 0 saturated heterocycles. The Kier molecular flexibility index (Phi) is 5.50. The molecule has 0 aromatic rings. The molecule has 0 radical (unpaired) electrons. The van der Waals surface area contributed by atoms with E-state index in [1.54, 1.807) is 0 Å². The molecule has 94 valence electrons. The second-order valence-corrected chi connectivity index (χ2v) is 5.90. The monoisotopic (exact) mass is 225 g/mol. The lowest BCUT2D eigenvalue weighted by atomic mass is 9.71. The van der Waals surface area contributed by atoms with E-state index in [9.17, 15) is 0 Å². The zero-order chi connectivity index (χ0) is 12.0. The van der Waals surface area contributed by atoms with Crippen molar-refractivity contribution in [1.29, 1.82) is 0 Å². The van der Waals surface area contributed by atoms with Crippen LogP contribution in [0.2, 0.25) is 0 Å². The van der Waals surface area contributed by atoms with Gasteiger partial charge < -0.3 is 10.1 Å². The molecule has 0 aliphatic heterocycles. The van der Waals surface area contributed by atoms with Crippen LogP contribution in [0.5, 0.6) is 0 Å². The summed E-state index contributed by atoms with van der Waals surface area (Å²) in [5.74, 6) is 0.801. The van der Waals surface area contributed by atoms with Crippen LogP contribution in [0.3, 0.4) is 0 Å². The Morgan fingerprint density at radius 2 is 2.19 bits per heavy atom. The number of hydrogen-bond donors (Lipinski definition) is 1. The van der Waals surface area contributed by atoms with Gasteiger partial charge in [-0.25, -0.2) is 0 Å². The van der Waals surface area contributed by atoms with Crippen molar-refractivity contribution in [2.24, 2.45) is 11.3 Å². The Hall–Kier alpha value is -0.340. The predicted molar refractivity (Wildman–Crippen MR) is 69.6 cm³/mol. The van der Waals surface area contributed by atoms with Crippen LogP contribution in [0.15, 0.2) is 12.7 Å². The smallest absolute Gasteiger partial charge is 0.0594 e. The van der Waals surface area contributed by atoms with Gasteiger partial charge in [-0.05, 0) is 30.6 Å². The SMILES string of the molecule is C=CCNCCOC1CC(C)CC(C)(C)C1. The number of hydrogen-bond acceptors (Lipinski definition) is 2. The van der Waals surface area contributed by atoms with Gasteiger partial charge in [0.05, 0.1) is 12.7 Å². The molecule has 2 nitrogen and oxygen atoms in total. The van der Waals surface area contributed by atoms with E-state index in [0.717, 1.165) is 25.6 Å². The molecule has 1 rings (SSSR count). The fourth-order valence-corrected chi connectivity index (χ4v) is 2.89. The number of nitrogens with one attached hydrogen (secondary N) is 1. The van der Waals surface area contributed by atoms with Crippen LogP contribution >= 0.6 is 0 Å². The van der Waals surface area contributed by atoms with E-state index in [1.807, 2.05) is 6.08 Å². The minimum Gasteiger partial charge on any atom is -0.377 e. The van der Waals surface area contributed by atoms with Crippen LogP contribution in [0.1, 0.15) is 40.0 Å². The van der Waals surface area contributed by atoms with Gasteiger partial charge in [-0.1, -0.05) is 26.8 Å². The molecule has 1 fully saturated rings. The van der Waals surface area contributed by atoms with Crippen LogP contribution in [-0.2, 0) is 4.74 Å². The molecule has 0 amide bonds. The number of ether oxygens (including phenoxy) is 1. The summed E-state index contributed by atoms with van der Waals surface area (Å²) in [5, 5.41) is 3.26. The van der Waals surface area contributed by atoms with Crippen LogP contribution in [0, 0.1) is 11.3 Å². The largest absolute Gasteiger partial charge is 0.377 e. The van der Waals surface area contributed by atoms with E-state index in [4.69, 9.17) is 4.74 Å². The van der Waals surface area contributed by atoms with Gasteiger partial charge >= 0.3 is 0 Å².